The first-order valence-corrected chi connectivity index (χ1v) is 8.46. The summed E-state index contributed by atoms with van der Waals surface area (Å²) in [6, 6.07) is 16.9. The van der Waals surface area contributed by atoms with Crippen molar-refractivity contribution in [3.05, 3.63) is 64.1 Å². The summed E-state index contributed by atoms with van der Waals surface area (Å²) in [7, 11) is 0. The molecule has 0 spiro atoms. The molecule has 2 aromatic carbocycles. The van der Waals surface area contributed by atoms with Crippen LogP contribution in [0.1, 0.15) is 12.5 Å². The van der Waals surface area contributed by atoms with Crippen molar-refractivity contribution in [1.29, 1.82) is 5.26 Å². The number of nitrogens with zero attached hydrogens (tertiary/aromatic N) is 3. The third-order valence-corrected chi connectivity index (χ3v) is 3.98. The van der Waals surface area contributed by atoms with Crippen LogP contribution in [0.4, 0.5) is 5.95 Å². The van der Waals surface area contributed by atoms with Crippen LogP contribution in [0.15, 0.2) is 48.5 Å². The van der Waals surface area contributed by atoms with Crippen LogP contribution in [0.25, 0.3) is 22.5 Å². The van der Waals surface area contributed by atoms with Crippen molar-refractivity contribution in [2.75, 3.05) is 11.9 Å². The number of aromatic nitrogens is 2. The van der Waals surface area contributed by atoms with Gasteiger partial charge in [0.2, 0.25) is 5.95 Å². The summed E-state index contributed by atoms with van der Waals surface area (Å²) in [6.07, 6.45) is 0. The average molecular weight is 369 g/mol. The summed E-state index contributed by atoms with van der Waals surface area (Å²) >= 11 is 12.3. The number of halogens is 2. The molecule has 1 N–H and O–H groups in total. The van der Waals surface area contributed by atoms with Gasteiger partial charge in [0.05, 0.1) is 11.4 Å². The molecule has 6 heteroatoms. The Labute approximate surface area is 156 Å². The predicted octanol–water partition coefficient (Wildman–Crippen LogP) is 5.42. The largest absolute Gasteiger partial charge is 0.354 e. The molecule has 3 rings (SSSR count). The Kier molecular flexibility index (Phi) is 5.18. The van der Waals surface area contributed by atoms with E-state index in [-0.39, 0.29) is 0 Å². The lowest BCUT2D eigenvalue weighted by molar-refractivity contribution is 1.08. The second kappa shape index (κ2) is 7.52. The monoisotopic (exact) mass is 368 g/mol. The molecule has 0 aliphatic heterocycles. The molecule has 4 nitrogen and oxygen atoms in total. The normalized spacial score (nSPS) is 10.3. The van der Waals surface area contributed by atoms with Gasteiger partial charge < -0.3 is 5.32 Å². The SMILES string of the molecule is CCNc1nc(-c2ccccc2)c(C#N)c(-c2cc(Cl)cc(Cl)c2)n1. The Morgan fingerprint density at radius 1 is 0.960 bits per heavy atom. The van der Waals surface area contributed by atoms with Gasteiger partial charge in [-0.2, -0.15) is 5.26 Å². The van der Waals surface area contributed by atoms with E-state index >= 15 is 0 Å². The highest BCUT2D eigenvalue weighted by atomic mass is 35.5. The third kappa shape index (κ3) is 3.74. The first kappa shape index (κ1) is 17.2. The van der Waals surface area contributed by atoms with Gasteiger partial charge in [-0.1, -0.05) is 53.5 Å². The van der Waals surface area contributed by atoms with Crippen molar-refractivity contribution >= 4 is 29.2 Å². The number of nitriles is 1. The van der Waals surface area contributed by atoms with Gasteiger partial charge in [0, 0.05) is 27.7 Å². The maximum atomic E-state index is 9.76. The zero-order valence-electron chi connectivity index (χ0n) is 13.4. The molecule has 0 radical (unpaired) electrons. The molecule has 0 bridgehead atoms. The first-order chi connectivity index (χ1) is 12.1. The van der Waals surface area contributed by atoms with Gasteiger partial charge in [0.15, 0.2) is 0 Å². The lowest BCUT2D eigenvalue weighted by atomic mass is 10.0. The molecule has 1 heterocycles. The Balaban J connectivity index is 2.30. The second-order valence-electron chi connectivity index (χ2n) is 5.29. The van der Waals surface area contributed by atoms with E-state index < -0.39 is 0 Å². The number of benzene rings is 2. The van der Waals surface area contributed by atoms with Crippen LogP contribution in [0.3, 0.4) is 0 Å². The Morgan fingerprint density at radius 2 is 1.56 bits per heavy atom. The molecule has 0 fully saturated rings. The lowest BCUT2D eigenvalue weighted by Gasteiger charge is -2.12. The van der Waals surface area contributed by atoms with Crippen molar-refractivity contribution in [2.45, 2.75) is 6.92 Å². The second-order valence-corrected chi connectivity index (χ2v) is 6.16. The summed E-state index contributed by atoms with van der Waals surface area (Å²) < 4.78 is 0. The van der Waals surface area contributed by atoms with Crippen LogP contribution in [-0.4, -0.2) is 16.5 Å². The summed E-state index contributed by atoms with van der Waals surface area (Å²) in [5.74, 6) is 0.450. The first-order valence-electron chi connectivity index (χ1n) is 7.70. The molecule has 124 valence electrons. The van der Waals surface area contributed by atoms with Crippen molar-refractivity contribution in [2.24, 2.45) is 0 Å². The van der Waals surface area contributed by atoms with E-state index in [1.807, 2.05) is 37.3 Å². The predicted molar refractivity (Wildman–Crippen MR) is 102 cm³/mol. The standard InChI is InChI=1S/C19H14Cl2N4/c1-2-23-19-24-17(12-6-4-3-5-7-12)16(11-22)18(25-19)13-8-14(20)10-15(21)9-13/h3-10H,2H2,1H3,(H,23,24,25). The van der Waals surface area contributed by atoms with Crippen molar-refractivity contribution in [3.63, 3.8) is 0 Å². The number of rotatable bonds is 4. The van der Waals surface area contributed by atoms with Gasteiger partial charge in [-0.15, -0.1) is 0 Å². The number of hydrogen-bond donors (Lipinski definition) is 1. The van der Waals surface area contributed by atoms with Crippen LogP contribution in [0.2, 0.25) is 10.0 Å². The van der Waals surface area contributed by atoms with Crippen LogP contribution < -0.4 is 5.32 Å². The highest BCUT2D eigenvalue weighted by Crippen LogP contribution is 2.33. The molecule has 0 unspecified atom stereocenters. The molecule has 0 amide bonds. The Hall–Kier alpha value is -2.61. The van der Waals surface area contributed by atoms with E-state index in [0.717, 1.165) is 5.56 Å². The van der Waals surface area contributed by atoms with Crippen molar-refractivity contribution in [3.8, 4) is 28.6 Å². The fourth-order valence-corrected chi connectivity index (χ4v) is 3.03. The summed E-state index contributed by atoms with van der Waals surface area (Å²) in [5.41, 5.74) is 2.96. The number of hydrogen-bond acceptors (Lipinski definition) is 4. The third-order valence-electron chi connectivity index (χ3n) is 3.54. The Morgan fingerprint density at radius 3 is 2.12 bits per heavy atom. The summed E-state index contributed by atoms with van der Waals surface area (Å²) in [5, 5.41) is 13.8. The van der Waals surface area contributed by atoms with Gasteiger partial charge in [0.25, 0.3) is 0 Å². The van der Waals surface area contributed by atoms with Gasteiger partial charge in [0.1, 0.15) is 11.6 Å². The summed E-state index contributed by atoms with van der Waals surface area (Å²) in [6.45, 7) is 2.62. The van der Waals surface area contributed by atoms with E-state index in [9.17, 15) is 5.26 Å². The van der Waals surface area contributed by atoms with Crippen molar-refractivity contribution < 1.29 is 0 Å². The van der Waals surface area contributed by atoms with Crippen LogP contribution in [0.5, 0.6) is 0 Å². The van der Waals surface area contributed by atoms with E-state index in [1.54, 1.807) is 18.2 Å². The topological polar surface area (TPSA) is 61.6 Å². The number of anilines is 1. The fraction of sp³-hybridized carbons (Fsp3) is 0.105. The van der Waals surface area contributed by atoms with Crippen LogP contribution >= 0.6 is 23.2 Å². The highest BCUT2D eigenvalue weighted by Gasteiger charge is 2.18. The fourth-order valence-electron chi connectivity index (χ4n) is 2.51. The molecule has 3 aromatic rings. The van der Waals surface area contributed by atoms with E-state index in [0.29, 0.717) is 45.1 Å². The minimum atomic E-state index is 0.381. The average Bonchev–Trinajstić information content (AvgIpc) is 2.61. The zero-order chi connectivity index (χ0) is 17.8. The van der Waals surface area contributed by atoms with Gasteiger partial charge in [-0.3, -0.25) is 0 Å². The van der Waals surface area contributed by atoms with Gasteiger partial charge in [-0.25, -0.2) is 9.97 Å². The molecule has 0 atom stereocenters. The van der Waals surface area contributed by atoms with Crippen LogP contribution in [-0.2, 0) is 0 Å². The van der Waals surface area contributed by atoms with Crippen LogP contribution in [0, 0.1) is 11.3 Å². The van der Waals surface area contributed by atoms with E-state index in [2.05, 4.69) is 21.4 Å². The molecule has 0 saturated heterocycles. The minimum Gasteiger partial charge on any atom is -0.354 e. The molecule has 0 aliphatic rings. The maximum absolute atomic E-state index is 9.76. The smallest absolute Gasteiger partial charge is 0.223 e. The maximum Gasteiger partial charge on any atom is 0.223 e. The molecule has 25 heavy (non-hydrogen) atoms. The highest BCUT2D eigenvalue weighted by molar-refractivity contribution is 6.35. The lowest BCUT2D eigenvalue weighted by Crippen LogP contribution is -2.06. The zero-order valence-corrected chi connectivity index (χ0v) is 14.9. The summed E-state index contributed by atoms with van der Waals surface area (Å²) in [4.78, 5) is 9.03. The molecule has 1 aromatic heterocycles. The quantitative estimate of drug-likeness (QED) is 0.667. The molecular weight excluding hydrogens is 355 g/mol. The number of nitrogens with one attached hydrogen (secondary N) is 1. The molecule has 0 aliphatic carbocycles. The minimum absolute atomic E-state index is 0.381. The van der Waals surface area contributed by atoms with E-state index in [1.165, 1.54) is 0 Å². The van der Waals surface area contributed by atoms with Gasteiger partial charge >= 0.3 is 0 Å². The molecule has 0 saturated carbocycles. The van der Waals surface area contributed by atoms with Gasteiger partial charge in [-0.05, 0) is 25.1 Å². The van der Waals surface area contributed by atoms with E-state index in [4.69, 9.17) is 23.2 Å². The Bertz CT molecular complexity index is 929. The molecular formula is C19H14Cl2N4. The van der Waals surface area contributed by atoms with Crippen molar-refractivity contribution in [1.82, 2.24) is 9.97 Å².